The second-order valence-electron chi connectivity index (χ2n) is 6.04. The van der Waals surface area contributed by atoms with E-state index in [0.717, 1.165) is 0 Å². The van der Waals surface area contributed by atoms with Crippen molar-refractivity contribution in [3.8, 4) is 5.75 Å². The number of carbonyl (C=O) groups excluding carboxylic acids is 1. The van der Waals surface area contributed by atoms with Crippen molar-refractivity contribution in [2.45, 2.75) is 4.90 Å². The standard InChI is InChI=1S/C20H17Cl2N3O4S/c1-29-19-5-3-2-4-18(19)24-20(26)23-13-6-9-15(10-7-13)30(27,28)25-14-8-11-16(21)17(22)12-14/h2-12,25H,1H3,(H2,23,24,26). The zero-order chi connectivity index (χ0) is 21.7. The molecule has 0 aliphatic carbocycles. The van der Waals surface area contributed by atoms with E-state index in [0.29, 0.717) is 22.1 Å². The van der Waals surface area contributed by atoms with Gasteiger partial charge in [0.25, 0.3) is 10.0 Å². The molecule has 30 heavy (non-hydrogen) atoms. The molecule has 3 rings (SSSR count). The van der Waals surface area contributed by atoms with Crippen molar-refractivity contribution in [2.24, 2.45) is 0 Å². The predicted octanol–water partition coefficient (Wildman–Crippen LogP) is 5.45. The van der Waals surface area contributed by atoms with E-state index in [1.165, 1.54) is 49.6 Å². The minimum Gasteiger partial charge on any atom is -0.495 e. The van der Waals surface area contributed by atoms with Crippen LogP contribution in [0.4, 0.5) is 21.9 Å². The van der Waals surface area contributed by atoms with Crippen molar-refractivity contribution in [3.63, 3.8) is 0 Å². The summed E-state index contributed by atoms with van der Waals surface area (Å²) in [6.07, 6.45) is 0. The number of benzene rings is 3. The van der Waals surface area contributed by atoms with E-state index >= 15 is 0 Å². The van der Waals surface area contributed by atoms with Crippen LogP contribution in [0.5, 0.6) is 5.75 Å². The molecule has 3 N–H and O–H groups in total. The van der Waals surface area contributed by atoms with Gasteiger partial charge >= 0.3 is 6.03 Å². The molecule has 7 nitrogen and oxygen atoms in total. The largest absolute Gasteiger partial charge is 0.495 e. The highest BCUT2D eigenvalue weighted by Crippen LogP contribution is 2.27. The summed E-state index contributed by atoms with van der Waals surface area (Å²) in [5.74, 6) is 0.516. The number of sulfonamides is 1. The molecule has 156 valence electrons. The smallest absolute Gasteiger partial charge is 0.323 e. The Hall–Kier alpha value is -2.94. The molecule has 0 unspecified atom stereocenters. The number of para-hydroxylation sites is 2. The topological polar surface area (TPSA) is 96.5 Å². The van der Waals surface area contributed by atoms with Crippen LogP contribution in [0, 0.1) is 0 Å². The van der Waals surface area contributed by atoms with E-state index in [1.54, 1.807) is 24.3 Å². The lowest BCUT2D eigenvalue weighted by molar-refractivity contribution is 0.262. The van der Waals surface area contributed by atoms with E-state index < -0.39 is 16.1 Å². The summed E-state index contributed by atoms with van der Waals surface area (Å²) in [6.45, 7) is 0. The molecule has 0 fully saturated rings. The molecule has 0 heterocycles. The van der Waals surface area contributed by atoms with E-state index in [4.69, 9.17) is 27.9 Å². The van der Waals surface area contributed by atoms with Crippen LogP contribution in [0.25, 0.3) is 0 Å². The fourth-order valence-electron chi connectivity index (χ4n) is 2.52. The highest BCUT2D eigenvalue weighted by molar-refractivity contribution is 7.92. The Balaban J connectivity index is 1.67. The average Bonchev–Trinajstić information content (AvgIpc) is 2.71. The van der Waals surface area contributed by atoms with Gasteiger partial charge in [-0.3, -0.25) is 4.72 Å². The molecule has 0 atom stereocenters. The third kappa shape index (κ3) is 5.35. The Morgan fingerprint density at radius 1 is 0.867 bits per heavy atom. The summed E-state index contributed by atoms with van der Waals surface area (Å²) in [7, 11) is -2.34. The van der Waals surface area contributed by atoms with Gasteiger partial charge in [0, 0.05) is 5.69 Å². The van der Waals surface area contributed by atoms with E-state index in [2.05, 4.69) is 15.4 Å². The molecule has 0 radical (unpaired) electrons. The maximum atomic E-state index is 12.5. The zero-order valence-corrected chi connectivity index (χ0v) is 18.0. The first-order chi connectivity index (χ1) is 14.3. The minimum atomic E-state index is -3.84. The number of amides is 2. The van der Waals surface area contributed by atoms with Gasteiger partial charge in [-0.05, 0) is 54.6 Å². The maximum Gasteiger partial charge on any atom is 0.323 e. The van der Waals surface area contributed by atoms with Gasteiger partial charge in [0.05, 0.1) is 33.4 Å². The van der Waals surface area contributed by atoms with Gasteiger partial charge in [0.15, 0.2) is 0 Å². The van der Waals surface area contributed by atoms with E-state index in [9.17, 15) is 13.2 Å². The van der Waals surface area contributed by atoms with Crippen LogP contribution < -0.4 is 20.1 Å². The van der Waals surface area contributed by atoms with Gasteiger partial charge in [-0.2, -0.15) is 0 Å². The molecule has 3 aromatic carbocycles. The molecule has 2 amide bonds. The Morgan fingerprint density at radius 3 is 2.20 bits per heavy atom. The Labute approximate surface area is 184 Å². The van der Waals surface area contributed by atoms with Crippen LogP contribution in [-0.2, 0) is 10.0 Å². The third-order valence-corrected chi connectivity index (χ3v) is 6.09. The van der Waals surface area contributed by atoms with Gasteiger partial charge < -0.3 is 15.4 Å². The monoisotopic (exact) mass is 465 g/mol. The summed E-state index contributed by atoms with van der Waals surface area (Å²) in [6, 6.07) is 16.6. The van der Waals surface area contributed by atoms with Crippen molar-refractivity contribution >= 4 is 56.3 Å². The molecule has 0 aromatic heterocycles. The summed E-state index contributed by atoms with van der Waals surface area (Å²) in [4.78, 5) is 12.2. The van der Waals surface area contributed by atoms with Gasteiger partial charge in [0.2, 0.25) is 0 Å². The number of methoxy groups -OCH3 is 1. The lowest BCUT2D eigenvalue weighted by atomic mass is 10.3. The SMILES string of the molecule is COc1ccccc1NC(=O)Nc1ccc(S(=O)(=O)Nc2ccc(Cl)c(Cl)c2)cc1. The van der Waals surface area contributed by atoms with Crippen molar-refractivity contribution in [2.75, 3.05) is 22.5 Å². The highest BCUT2D eigenvalue weighted by Gasteiger charge is 2.15. The second-order valence-corrected chi connectivity index (χ2v) is 8.53. The van der Waals surface area contributed by atoms with Crippen LogP contribution in [0.3, 0.4) is 0 Å². The number of anilines is 3. The van der Waals surface area contributed by atoms with E-state index in [1.807, 2.05) is 0 Å². The molecule has 10 heteroatoms. The first-order valence-electron chi connectivity index (χ1n) is 8.57. The Bertz CT molecular complexity index is 1170. The second kappa shape index (κ2) is 9.25. The predicted molar refractivity (Wildman–Crippen MR) is 119 cm³/mol. The molecule has 0 saturated heterocycles. The number of nitrogens with one attached hydrogen (secondary N) is 3. The summed E-state index contributed by atoms with van der Waals surface area (Å²) < 4.78 is 32.7. The van der Waals surface area contributed by atoms with Crippen LogP contribution >= 0.6 is 23.2 Å². The summed E-state index contributed by atoms with van der Waals surface area (Å²) >= 11 is 11.8. The third-order valence-electron chi connectivity index (χ3n) is 3.95. The summed E-state index contributed by atoms with van der Waals surface area (Å²) in [5, 5.41) is 5.85. The van der Waals surface area contributed by atoms with Gasteiger partial charge in [-0.1, -0.05) is 35.3 Å². The number of hydrogen-bond donors (Lipinski definition) is 3. The minimum absolute atomic E-state index is 0.0178. The first kappa shape index (κ1) is 21.8. The van der Waals surface area contributed by atoms with Crippen LogP contribution in [0.15, 0.2) is 71.6 Å². The number of carbonyl (C=O) groups is 1. The number of rotatable bonds is 6. The summed E-state index contributed by atoms with van der Waals surface area (Å²) in [5.41, 5.74) is 1.20. The fourth-order valence-corrected chi connectivity index (χ4v) is 3.87. The molecule has 0 aliphatic rings. The van der Waals surface area contributed by atoms with Crippen molar-refractivity contribution in [3.05, 3.63) is 76.8 Å². The molecule has 0 spiro atoms. The molecule has 0 bridgehead atoms. The number of halogens is 2. The maximum absolute atomic E-state index is 12.5. The van der Waals surface area contributed by atoms with Crippen LogP contribution in [-0.4, -0.2) is 21.6 Å². The van der Waals surface area contributed by atoms with Crippen LogP contribution in [0.2, 0.25) is 10.0 Å². The Morgan fingerprint density at radius 2 is 1.53 bits per heavy atom. The molecule has 0 aliphatic heterocycles. The highest BCUT2D eigenvalue weighted by atomic mass is 35.5. The average molecular weight is 466 g/mol. The van der Waals surface area contributed by atoms with Gasteiger partial charge in [0.1, 0.15) is 5.75 Å². The van der Waals surface area contributed by atoms with Crippen molar-refractivity contribution < 1.29 is 17.9 Å². The van der Waals surface area contributed by atoms with Gasteiger partial charge in [-0.25, -0.2) is 13.2 Å². The molecular weight excluding hydrogens is 449 g/mol. The first-order valence-corrected chi connectivity index (χ1v) is 10.8. The van der Waals surface area contributed by atoms with E-state index in [-0.39, 0.29) is 15.6 Å². The number of urea groups is 1. The van der Waals surface area contributed by atoms with Crippen molar-refractivity contribution in [1.29, 1.82) is 0 Å². The normalized spacial score (nSPS) is 10.9. The lowest BCUT2D eigenvalue weighted by Crippen LogP contribution is -2.20. The number of ether oxygens (including phenoxy) is 1. The quantitative estimate of drug-likeness (QED) is 0.450. The molecule has 3 aromatic rings. The molecular formula is C20H17Cl2N3O4S. The van der Waals surface area contributed by atoms with Crippen LogP contribution in [0.1, 0.15) is 0 Å². The zero-order valence-electron chi connectivity index (χ0n) is 15.6. The lowest BCUT2D eigenvalue weighted by Gasteiger charge is -2.12. The van der Waals surface area contributed by atoms with Crippen molar-refractivity contribution in [1.82, 2.24) is 0 Å². The molecule has 0 saturated carbocycles. The number of hydrogen-bond acceptors (Lipinski definition) is 4. The Kier molecular flexibility index (Phi) is 6.71. The van der Waals surface area contributed by atoms with Gasteiger partial charge in [-0.15, -0.1) is 0 Å². The fraction of sp³-hybridized carbons (Fsp3) is 0.0500.